The van der Waals surface area contributed by atoms with Crippen molar-refractivity contribution >= 4 is 0 Å². The van der Waals surface area contributed by atoms with Crippen LogP contribution in [0.2, 0.25) is 0 Å². The largest absolute Gasteiger partial charge is 0.115 e. The van der Waals surface area contributed by atoms with Crippen LogP contribution in [0.25, 0.3) is 0 Å². The molecule has 0 atom stereocenters. The number of hydrogen-bond acceptors (Lipinski definition) is 0. The molecule has 1 aromatic rings. The molecule has 0 heterocycles. The molecule has 0 bridgehead atoms. The topological polar surface area (TPSA) is 0 Å². The van der Waals surface area contributed by atoms with Crippen LogP contribution in [0.15, 0.2) is 18.2 Å². The second kappa shape index (κ2) is 3.97. The molecule has 0 unspecified atom stereocenters. The lowest BCUT2D eigenvalue weighted by molar-refractivity contribution is 1.08. The van der Waals surface area contributed by atoms with Crippen LogP contribution in [0.5, 0.6) is 0 Å². The molecule has 0 aliphatic heterocycles. The summed E-state index contributed by atoms with van der Waals surface area (Å²) in [6, 6.07) is 6.39. The van der Waals surface area contributed by atoms with Crippen LogP contribution in [0.4, 0.5) is 0 Å². The Morgan fingerprint density at radius 2 is 1.58 bits per heavy atom. The maximum atomic E-state index is 5.35. The highest BCUT2D eigenvalue weighted by Crippen LogP contribution is 2.10. The molecule has 0 aliphatic rings. The first-order chi connectivity index (χ1) is 5.80. The summed E-state index contributed by atoms with van der Waals surface area (Å²) < 4.78 is 0. The summed E-state index contributed by atoms with van der Waals surface area (Å²) in [5, 5.41) is 0. The van der Waals surface area contributed by atoms with Gasteiger partial charge in [0.05, 0.1) is 0 Å². The van der Waals surface area contributed by atoms with Crippen molar-refractivity contribution in [2.45, 2.75) is 26.7 Å². The first-order valence-corrected chi connectivity index (χ1v) is 4.39. The van der Waals surface area contributed by atoms with E-state index in [9.17, 15) is 0 Å². The molecule has 0 N–H and O–H groups in total. The first-order valence-electron chi connectivity index (χ1n) is 4.39. The molecule has 62 valence electrons. The summed E-state index contributed by atoms with van der Waals surface area (Å²) >= 11 is 0. The van der Waals surface area contributed by atoms with E-state index in [1.54, 1.807) is 0 Å². The van der Waals surface area contributed by atoms with Crippen molar-refractivity contribution in [2.24, 2.45) is 0 Å². The van der Waals surface area contributed by atoms with Crippen LogP contribution in [0.1, 0.15) is 30.5 Å². The van der Waals surface area contributed by atoms with E-state index in [0.717, 1.165) is 18.4 Å². The van der Waals surface area contributed by atoms with Gasteiger partial charge < -0.3 is 0 Å². The molecule has 0 amide bonds. The normalized spacial score (nSPS) is 9.42. The van der Waals surface area contributed by atoms with E-state index in [1.165, 1.54) is 11.1 Å². The first kappa shape index (κ1) is 8.87. The van der Waals surface area contributed by atoms with Gasteiger partial charge in [0.15, 0.2) is 0 Å². The average Bonchev–Trinajstić information content (AvgIpc) is 2.16. The highest BCUT2D eigenvalue weighted by atomic mass is 14.0. The number of benzene rings is 1. The van der Waals surface area contributed by atoms with Gasteiger partial charge in [-0.1, -0.05) is 25.8 Å². The van der Waals surface area contributed by atoms with Crippen molar-refractivity contribution in [1.29, 1.82) is 0 Å². The van der Waals surface area contributed by atoms with Gasteiger partial charge in [0.25, 0.3) is 0 Å². The molecule has 1 rings (SSSR count). The Hall–Kier alpha value is -1.22. The fraction of sp³-hybridized carbons (Fsp3) is 0.333. The predicted molar refractivity (Wildman–Crippen MR) is 53.1 cm³/mol. The molecule has 0 spiro atoms. The van der Waals surface area contributed by atoms with Crippen molar-refractivity contribution in [1.82, 2.24) is 0 Å². The van der Waals surface area contributed by atoms with Crippen molar-refractivity contribution in [3.63, 3.8) is 0 Å². The summed E-state index contributed by atoms with van der Waals surface area (Å²) in [6.45, 7) is 4.30. The standard InChI is InChI=1S/C12H14/c1-4-10-7-11(5-2)9-12(6-3)8-10/h1,7-9H,5-6H2,2-3H3. The van der Waals surface area contributed by atoms with Gasteiger partial charge in [0.1, 0.15) is 0 Å². The zero-order chi connectivity index (χ0) is 8.97. The highest BCUT2D eigenvalue weighted by Gasteiger charge is 1.95. The average molecular weight is 158 g/mol. The van der Waals surface area contributed by atoms with Gasteiger partial charge in [-0.3, -0.25) is 0 Å². The van der Waals surface area contributed by atoms with Gasteiger partial charge in [-0.2, -0.15) is 0 Å². The Morgan fingerprint density at radius 1 is 1.08 bits per heavy atom. The van der Waals surface area contributed by atoms with E-state index in [-0.39, 0.29) is 0 Å². The van der Waals surface area contributed by atoms with Crippen molar-refractivity contribution < 1.29 is 0 Å². The van der Waals surface area contributed by atoms with Crippen molar-refractivity contribution in [3.8, 4) is 12.3 Å². The van der Waals surface area contributed by atoms with E-state index in [1.807, 2.05) is 0 Å². The number of aryl methyl sites for hydroxylation is 2. The summed E-state index contributed by atoms with van der Waals surface area (Å²) in [4.78, 5) is 0. The van der Waals surface area contributed by atoms with E-state index >= 15 is 0 Å². The maximum absolute atomic E-state index is 5.35. The molecule has 0 heteroatoms. The summed E-state index contributed by atoms with van der Waals surface area (Å²) in [5.74, 6) is 2.68. The van der Waals surface area contributed by atoms with Crippen LogP contribution in [0.3, 0.4) is 0 Å². The molecule has 1 aromatic carbocycles. The summed E-state index contributed by atoms with van der Waals surface area (Å²) in [5.41, 5.74) is 3.68. The third-order valence-corrected chi connectivity index (χ3v) is 2.04. The van der Waals surface area contributed by atoms with Gasteiger partial charge in [0.2, 0.25) is 0 Å². The number of rotatable bonds is 2. The van der Waals surface area contributed by atoms with Gasteiger partial charge in [-0.25, -0.2) is 0 Å². The Balaban J connectivity index is 3.12. The molecule has 12 heavy (non-hydrogen) atoms. The van der Waals surface area contributed by atoms with Crippen molar-refractivity contribution in [3.05, 3.63) is 34.9 Å². The molecule has 0 radical (unpaired) electrons. The van der Waals surface area contributed by atoms with Gasteiger partial charge in [-0.15, -0.1) is 6.42 Å². The molecule has 0 aliphatic carbocycles. The Kier molecular flexibility index (Phi) is 2.94. The summed E-state index contributed by atoms with van der Waals surface area (Å²) in [6.07, 6.45) is 7.46. The lowest BCUT2D eigenvalue weighted by Crippen LogP contribution is -1.88. The fourth-order valence-corrected chi connectivity index (χ4v) is 1.25. The van der Waals surface area contributed by atoms with E-state index in [2.05, 4.69) is 38.0 Å². The zero-order valence-electron chi connectivity index (χ0n) is 7.72. The van der Waals surface area contributed by atoms with Crippen LogP contribution >= 0.6 is 0 Å². The molecular formula is C12H14. The molecule has 0 saturated carbocycles. The fourth-order valence-electron chi connectivity index (χ4n) is 1.25. The Bertz CT molecular complexity index is 280. The monoisotopic (exact) mass is 158 g/mol. The SMILES string of the molecule is C#Cc1cc(CC)cc(CC)c1. The summed E-state index contributed by atoms with van der Waals surface area (Å²) in [7, 11) is 0. The molecular weight excluding hydrogens is 144 g/mol. The van der Waals surface area contributed by atoms with Crippen LogP contribution in [-0.4, -0.2) is 0 Å². The molecule has 0 saturated heterocycles. The second-order valence-electron chi connectivity index (χ2n) is 2.89. The Morgan fingerprint density at radius 3 is 1.92 bits per heavy atom. The second-order valence-corrected chi connectivity index (χ2v) is 2.89. The number of hydrogen-bond donors (Lipinski definition) is 0. The maximum Gasteiger partial charge on any atom is 0.0248 e. The van der Waals surface area contributed by atoms with E-state index in [4.69, 9.17) is 6.42 Å². The predicted octanol–water partition coefficient (Wildman–Crippen LogP) is 2.79. The Labute approximate surface area is 74.6 Å². The molecule has 0 fully saturated rings. The lowest BCUT2D eigenvalue weighted by Gasteiger charge is -2.02. The quantitative estimate of drug-likeness (QED) is 0.580. The van der Waals surface area contributed by atoms with E-state index < -0.39 is 0 Å². The highest BCUT2D eigenvalue weighted by molar-refractivity contribution is 5.39. The molecule has 0 nitrogen and oxygen atoms in total. The van der Waals surface area contributed by atoms with Crippen molar-refractivity contribution in [2.75, 3.05) is 0 Å². The van der Waals surface area contributed by atoms with Crippen LogP contribution in [0, 0.1) is 12.3 Å². The third-order valence-electron chi connectivity index (χ3n) is 2.04. The van der Waals surface area contributed by atoms with Crippen LogP contribution in [-0.2, 0) is 12.8 Å². The minimum Gasteiger partial charge on any atom is -0.115 e. The lowest BCUT2D eigenvalue weighted by atomic mass is 10.0. The smallest absolute Gasteiger partial charge is 0.0248 e. The minimum atomic E-state index is 1.01. The third kappa shape index (κ3) is 1.89. The molecule has 0 aromatic heterocycles. The minimum absolute atomic E-state index is 1.01. The zero-order valence-corrected chi connectivity index (χ0v) is 7.72. The van der Waals surface area contributed by atoms with Gasteiger partial charge in [0, 0.05) is 5.56 Å². The van der Waals surface area contributed by atoms with Gasteiger partial charge >= 0.3 is 0 Å². The van der Waals surface area contributed by atoms with E-state index in [0.29, 0.717) is 0 Å². The number of terminal acetylenes is 1. The van der Waals surface area contributed by atoms with Gasteiger partial charge in [-0.05, 0) is 36.1 Å². The van der Waals surface area contributed by atoms with Crippen LogP contribution < -0.4 is 0 Å².